The van der Waals surface area contributed by atoms with Crippen molar-refractivity contribution in [2.45, 2.75) is 13.1 Å². The van der Waals surface area contributed by atoms with Gasteiger partial charge in [-0.1, -0.05) is 109 Å². The molecule has 0 bridgehead atoms. The molecule has 0 saturated carbocycles. The van der Waals surface area contributed by atoms with E-state index >= 15 is 0 Å². The Morgan fingerprint density at radius 1 is 0.500 bits per heavy atom. The van der Waals surface area contributed by atoms with Gasteiger partial charge in [0.05, 0.1) is 11.4 Å². The Labute approximate surface area is 234 Å². The van der Waals surface area contributed by atoms with Gasteiger partial charge in [-0.2, -0.15) is 0 Å². The molecule has 1 heterocycles. The van der Waals surface area contributed by atoms with Crippen molar-refractivity contribution < 1.29 is 0 Å². The van der Waals surface area contributed by atoms with Gasteiger partial charge in [-0.3, -0.25) is 0 Å². The molecular formula is C38H28N2. The number of benzene rings is 7. The average Bonchev–Trinajstić information content (AvgIpc) is 3.35. The first kappa shape index (κ1) is 22.9. The van der Waals surface area contributed by atoms with Gasteiger partial charge in [0, 0.05) is 5.69 Å². The summed E-state index contributed by atoms with van der Waals surface area (Å²) in [6, 6.07) is 50.8. The van der Waals surface area contributed by atoms with Crippen LogP contribution in [0, 0.1) is 0 Å². The minimum atomic E-state index is 0.200. The molecule has 7 aromatic rings. The fourth-order valence-electron chi connectivity index (χ4n) is 6.55. The summed E-state index contributed by atoms with van der Waals surface area (Å²) in [6.45, 7) is 2.21. The molecular weight excluding hydrogens is 484 g/mol. The summed E-state index contributed by atoms with van der Waals surface area (Å²) < 4.78 is 0. The average molecular weight is 513 g/mol. The molecule has 2 heteroatoms. The van der Waals surface area contributed by atoms with E-state index in [1.807, 2.05) is 0 Å². The lowest BCUT2D eigenvalue weighted by Crippen LogP contribution is -2.28. The second-order valence-electron chi connectivity index (χ2n) is 10.7. The maximum absolute atomic E-state index is 3.60. The third-order valence-corrected chi connectivity index (χ3v) is 8.32. The third-order valence-electron chi connectivity index (χ3n) is 8.32. The van der Waals surface area contributed by atoms with E-state index in [0.717, 1.165) is 0 Å². The van der Waals surface area contributed by atoms with Crippen LogP contribution >= 0.6 is 0 Å². The molecule has 1 N–H and O–H groups in total. The lowest BCUT2D eigenvalue weighted by molar-refractivity contribution is 0.843. The zero-order chi connectivity index (χ0) is 26.6. The molecule has 0 radical (unpaired) electrons. The van der Waals surface area contributed by atoms with Crippen LogP contribution in [0.1, 0.15) is 6.92 Å². The van der Waals surface area contributed by atoms with Crippen LogP contribution in [0.15, 0.2) is 140 Å². The molecule has 8 rings (SSSR count). The molecule has 1 atom stereocenters. The van der Waals surface area contributed by atoms with E-state index in [1.165, 1.54) is 71.6 Å². The molecule has 0 aliphatic carbocycles. The van der Waals surface area contributed by atoms with Crippen molar-refractivity contribution in [2.75, 3.05) is 10.2 Å². The van der Waals surface area contributed by atoms with Crippen molar-refractivity contribution in [1.82, 2.24) is 0 Å². The first-order chi connectivity index (χ1) is 19.8. The van der Waals surface area contributed by atoms with Gasteiger partial charge in [-0.15, -0.1) is 0 Å². The normalized spacial score (nSPS) is 14.5. The van der Waals surface area contributed by atoms with E-state index in [-0.39, 0.29) is 6.17 Å². The minimum absolute atomic E-state index is 0.200. The van der Waals surface area contributed by atoms with Gasteiger partial charge in [0.1, 0.15) is 6.17 Å². The van der Waals surface area contributed by atoms with Crippen LogP contribution in [-0.2, 0) is 0 Å². The molecule has 0 fully saturated rings. The van der Waals surface area contributed by atoms with Crippen molar-refractivity contribution >= 4 is 49.4 Å². The van der Waals surface area contributed by atoms with E-state index in [1.54, 1.807) is 0 Å². The largest absolute Gasteiger partial charge is 0.363 e. The Hall–Kier alpha value is -5.08. The Morgan fingerprint density at radius 3 is 1.70 bits per heavy atom. The number of hydrogen-bond acceptors (Lipinski definition) is 2. The van der Waals surface area contributed by atoms with E-state index < -0.39 is 0 Å². The molecule has 0 amide bonds. The molecule has 2 nitrogen and oxygen atoms in total. The van der Waals surface area contributed by atoms with Crippen molar-refractivity contribution in [2.24, 2.45) is 0 Å². The SMILES string of the molecule is CC1Nc2ccccc2N1c1ccc(-c2c3ccccc3c(-c3ccc4ccccc4c3)c3ccccc23)cc1. The molecule has 1 aliphatic rings. The van der Waals surface area contributed by atoms with Gasteiger partial charge in [-0.05, 0) is 91.8 Å². The standard InChI is InChI=1S/C38H28N2/c1-25-39-35-16-8-9-17-36(35)40(25)30-22-20-27(21-23-30)37-31-12-4-6-14-33(31)38(34-15-7-5-13-32(34)37)29-19-18-26-10-2-3-11-28(26)24-29/h2-25,39H,1H3. The quantitative estimate of drug-likeness (QED) is 0.237. The van der Waals surface area contributed by atoms with Crippen LogP contribution < -0.4 is 10.2 Å². The van der Waals surface area contributed by atoms with Gasteiger partial charge >= 0.3 is 0 Å². The van der Waals surface area contributed by atoms with E-state index in [0.29, 0.717) is 0 Å². The number of fused-ring (bicyclic) bond motifs is 4. The Morgan fingerprint density at radius 2 is 1.02 bits per heavy atom. The lowest BCUT2D eigenvalue weighted by atomic mass is 9.85. The smallest absolute Gasteiger partial charge is 0.101 e. The fraction of sp³-hybridized carbons (Fsp3) is 0.0526. The zero-order valence-corrected chi connectivity index (χ0v) is 22.3. The zero-order valence-electron chi connectivity index (χ0n) is 22.3. The van der Waals surface area contributed by atoms with E-state index in [2.05, 4.69) is 157 Å². The molecule has 7 aromatic carbocycles. The highest BCUT2D eigenvalue weighted by atomic mass is 15.3. The Balaban J connectivity index is 1.33. The summed E-state index contributed by atoms with van der Waals surface area (Å²) in [5, 5.41) is 11.2. The van der Waals surface area contributed by atoms with E-state index in [9.17, 15) is 0 Å². The third kappa shape index (κ3) is 3.50. The van der Waals surface area contributed by atoms with Crippen molar-refractivity contribution in [3.05, 3.63) is 140 Å². The van der Waals surface area contributed by atoms with Gasteiger partial charge in [0.2, 0.25) is 0 Å². The molecule has 0 aromatic heterocycles. The maximum Gasteiger partial charge on any atom is 0.101 e. The maximum atomic E-state index is 3.60. The second kappa shape index (κ2) is 9.00. The topological polar surface area (TPSA) is 15.3 Å². The number of anilines is 3. The van der Waals surface area contributed by atoms with Crippen LogP contribution in [0.4, 0.5) is 17.1 Å². The summed E-state index contributed by atoms with van der Waals surface area (Å²) in [4.78, 5) is 2.37. The summed E-state index contributed by atoms with van der Waals surface area (Å²) in [7, 11) is 0. The van der Waals surface area contributed by atoms with Crippen molar-refractivity contribution in [3.8, 4) is 22.3 Å². The fourth-order valence-corrected chi connectivity index (χ4v) is 6.55. The van der Waals surface area contributed by atoms with Crippen LogP contribution in [0.2, 0.25) is 0 Å². The number of hydrogen-bond donors (Lipinski definition) is 1. The first-order valence-electron chi connectivity index (χ1n) is 13.9. The molecule has 0 spiro atoms. The molecule has 1 unspecified atom stereocenters. The van der Waals surface area contributed by atoms with Crippen molar-refractivity contribution in [3.63, 3.8) is 0 Å². The Bertz CT molecular complexity index is 2000. The summed E-state index contributed by atoms with van der Waals surface area (Å²) in [5.74, 6) is 0. The molecule has 0 saturated heterocycles. The van der Waals surface area contributed by atoms with Gasteiger partial charge in [0.25, 0.3) is 0 Å². The predicted molar refractivity (Wildman–Crippen MR) is 171 cm³/mol. The highest BCUT2D eigenvalue weighted by molar-refractivity contribution is 6.21. The first-order valence-corrected chi connectivity index (χ1v) is 13.9. The van der Waals surface area contributed by atoms with Gasteiger partial charge < -0.3 is 10.2 Å². The number of para-hydroxylation sites is 2. The van der Waals surface area contributed by atoms with Gasteiger partial charge in [-0.25, -0.2) is 0 Å². The van der Waals surface area contributed by atoms with E-state index in [4.69, 9.17) is 0 Å². The number of rotatable bonds is 3. The summed E-state index contributed by atoms with van der Waals surface area (Å²) in [5.41, 5.74) is 8.66. The van der Waals surface area contributed by atoms with Gasteiger partial charge in [0.15, 0.2) is 0 Å². The molecule has 40 heavy (non-hydrogen) atoms. The number of nitrogens with one attached hydrogen (secondary N) is 1. The second-order valence-corrected chi connectivity index (χ2v) is 10.7. The lowest BCUT2D eigenvalue weighted by Gasteiger charge is -2.24. The van der Waals surface area contributed by atoms with Crippen LogP contribution in [0.25, 0.3) is 54.6 Å². The van der Waals surface area contributed by atoms with Crippen LogP contribution in [0.3, 0.4) is 0 Å². The highest BCUT2D eigenvalue weighted by Gasteiger charge is 2.26. The Kier molecular flexibility index (Phi) is 5.14. The van der Waals surface area contributed by atoms with Crippen LogP contribution in [-0.4, -0.2) is 6.17 Å². The molecule has 190 valence electrons. The number of nitrogens with zero attached hydrogens (tertiary/aromatic N) is 1. The summed E-state index contributed by atoms with van der Waals surface area (Å²) in [6.07, 6.45) is 0.200. The predicted octanol–water partition coefficient (Wildman–Crippen LogP) is 10.4. The minimum Gasteiger partial charge on any atom is -0.363 e. The molecule has 1 aliphatic heterocycles. The monoisotopic (exact) mass is 512 g/mol. The summed E-state index contributed by atoms with van der Waals surface area (Å²) >= 11 is 0. The van der Waals surface area contributed by atoms with Crippen LogP contribution in [0.5, 0.6) is 0 Å². The van der Waals surface area contributed by atoms with Crippen molar-refractivity contribution in [1.29, 1.82) is 0 Å². The highest BCUT2D eigenvalue weighted by Crippen LogP contribution is 2.45.